The Kier molecular flexibility index (Phi) is 4.80. The van der Waals surface area contributed by atoms with Crippen LogP contribution in [0.3, 0.4) is 0 Å². The number of sulfone groups is 1. The van der Waals surface area contributed by atoms with E-state index in [1.165, 1.54) is 6.26 Å². The van der Waals surface area contributed by atoms with Crippen LogP contribution in [0.4, 0.5) is 0 Å². The van der Waals surface area contributed by atoms with Gasteiger partial charge in [-0.1, -0.05) is 13.8 Å². The second-order valence-corrected chi connectivity index (χ2v) is 7.72. The zero-order valence-electron chi connectivity index (χ0n) is 10.8. The third-order valence-electron chi connectivity index (χ3n) is 3.85. The van der Waals surface area contributed by atoms with Crippen LogP contribution in [0.25, 0.3) is 0 Å². The standard InChI is InChI=1S/C12H25NO2S/c1-4-9-13-10-12(16(3,14)15)7-5-11(2)6-8-12/h11,13H,4-10H2,1-3H3. The van der Waals surface area contributed by atoms with Gasteiger partial charge in [-0.15, -0.1) is 0 Å². The van der Waals surface area contributed by atoms with Gasteiger partial charge in [-0.25, -0.2) is 8.42 Å². The summed E-state index contributed by atoms with van der Waals surface area (Å²) >= 11 is 0. The van der Waals surface area contributed by atoms with E-state index >= 15 is 0 Å². The first-order valence-corrected chi connectivity index (χ1v) is 8.21. The van der Waals surface area contributed by atoms with Crippen LogP contribution < -0.4 is 5.32 Å². The van der Waals surface area contributed by atoms with E-state index in [0.717, 1.165) is 38.6 Å². The fourth-order valence-corrected chi connectivity index (χ4v) is 3.80. The first-order chi connectivity index (χ1) is 7.41. The van der Waals surface area contributed by atoms with Gasteiger partial charge in [0.1, 0.15) is 0 Å². The van der Waals surface area contributed by atoms with E-state index in [4.69, 9.17) is 0 Å². The van der Waals surface area contributed by atoms with Crippen LogP contribution in [-0.4, -0.2) is 32.5 Å². The summed E-state index contributed by atoms with van der Waals surface area (Å²) in [7, 11) is -2.95. The maximum Gasteiger partial charge on any atom is 0.154 e. The SMILES string of the molecule is CCCNCC1(S(C)(=O)=O)CCC(C)CC1. The molecule has 0 aromatic heterocycles. The number of nitrogens with one attached hydrogen (secondary N) is 1. The van der Waals surface area contributed by atoms with Crippen molar-refractivity contribution in [2.75, 3.05) is 19.3 Å². The van der Waals surface area contributed by atoms with Gasteiger partial charge in [0.15, 0.2) is 9.84 Å². The molecular weight excluding hydrogens is 222 g/mol. The topological polar surface area (TPSA) is 46.2 Å². The van der Waals surface area contributed by atoms with Crippen molar-refractivity contribution in [1.29, 1.82) is 0 Å². The summed E-state index contributed by atoms with van der Waals surface area (Å²) < 4.78 is 23.4. The monoisotopic (exact) mass is 247 g/mol. The van der Waals surface area contributed by atoms with Gasteiger partial charge < -0.3 is 5.32 Å². The molecule has 0 unspecified atom stereocenters. The van der Waals surface area contributed by atoms with Crippen molar-refractivity contribution >= 4 is 9.84 Å². The Morgan fingerprint density at radius 3 is 2.31 bits per heavy atom. The molecule has 1 saturated carbocycles. The van der Waals surface area contributed by atoms with Crippen LogP contribution in [0.15, 0.2) is 0 Å². The predicted molar refractivity (Wildman–Crippen MR) is 68.4 cm³/mol. The van der Waals surface area contributed by atoms with Crippen LogP contribution >= 0.6 is 0 Å². The van der Waals surface area contributed by atoms with Crippen LogP contribution in [-0.2, 0) is 9.84 Å². The second kappa shape index (κ2) is 5.50. The summed E-state index contributed by atoms with van der Waals surface area (Å²) in [5.41, 5.74) is 0. The lowest BCUT2D eigenvalue weighted by molar-refractivity contribution is 0.298. The summed E-state index contributed by atoms with van der Waals surface area (Å²) in [6.07, 6.45) is 6.18. The van der Waals surface area contributed by atoms with E-state index in [2.05, 4.69) is 19.2 Å². The average Bonchev–Trinajstić information content (AvgIpc) is 2.20. The number of hydrogen-bond acceptors (Lipinski definition) is 3. The minimum absolute atomic E-state index is 0.491. The van der Waals surface area contributed by atoms with Gasteiger partial charge in [0, 0.05) is 12.8 Å². The maximum absolute atomic E-state index is 12.0. The Balaban J connectivity index is 2.70. The normalized spacial score (nSPS) is 31.6. The molecule has 1 aliphatic carbocycles. The van der Waals surface area contributed by atoms with Gasteiger partial charge >= 0.3 is 0 Å². The minimum Gasteiger partial charge on any atom is -0.315 e. The molecule has 1 N–H and O–H groups in total. The molecule has 0 heterocycles. The molecule has 96 valence electrons. The summed E-state index contributed by atoms with van der Waals surface area (Å²) in [5.74, 6) is 0.682. The van der Waals surface area contributed by atoms with Crippen molar-refractivity contribution in [3.05, 3.63) is 0 Å². The molecule has 0 aromatic rings. The van der Waals surface area contributed by atoms with Gasteiger partial charge in [0.25, 0.3) is 0 Å². The van der Waals surface area contributed by atoms with E-state index in [9.17, 15) is 8.42 Å². The van der Waals surface area contributed by atoms with E-state index in [1.54, 1.807) is 0 Å². The Labute approximate surface area is 99.9 Å². The molecule has 4 heteroatoms. The number of rotatable bonds is 5. The predicted octanol–water partition coefficient (Wildman–Crippen LogP) is 1.98. The highest BCUT2D eigenvalue weighted by atomic mass is 32.2. The molecule has 0 bridgehead atoms. The lowest BCUT2D eigenvalue weighted by atomic mass is 9.82. The summed E-state index contributed by atoms with van der Waals surface area (Å²) in [6.45, 7) is 5.86. The van der Waals surface area contributed by atoms with E-state index < -0.39 is 14.6 Å². The highest BCUT2D eigenvalue weighted by molar-refractivity contribution is 7.92. The van der Waals surface area contributed by atoms with Gasteiger partial charge in [-0.3, -0.25) is 0 Å². The minimum atomic E-state index is -2.95. The van der Waals surface area contributed by atoms with Crippen LogP contribution in [0.5, 0.6) is 0 Å². The van der Waals surface area contributed by atoms with Gasteiger partial charge in [-0.05, 0) is 44.6 Å². The Hall–Kier alpha value is -0.0900. The largest absolute Gasteiger partial charge is 0.315 e. The lowest BCUT2D eigenvalue weighted by Gasteiger charge is -2.38. The molecule has 3 nitrogen and oxygen atoms in total. The molecule has 0 amide bonds. The molecule has 0 aliphatic heterocycles. The van der Waals surface area contributed by atoms with Gasteiger partial charge in [0.05, 0.1) is 4.75 Å². The molecule has 0 radical (unpaired) electrons. The van der Waals surface area contributed by atoms with Gasteiger partial charge in [0.2, 0.25) is 0 Å². The molecule has 0 aromatic carbocycles. The Morgan fingerprint density at radius 2 is 1.88 bits per heavy atom. The first kappa shape index (κ1) is 14.0. The zero-order valence-corrected chi connectivity index (χ0v) is 11.6. The fraction of sp³-hybridized carbons (Fsp3) is 1.00. The molecule has 0 spiro atoms. The lowest BCUT2D eigenvalue weighted by Crippen LogP contribution is -2.49. The summed E-state index contributed by atoms with van der Waals surface area (Å²) in [4.78, 5) is 0. The fourth-order valence-electron chi connectivity index (χ4n) is 2.46. The third-order valence-corrected chi connectivity index (χ3v) is 5.97. The van der Waals surface area contributed by atoms with Crippen LogP contribution in [0.2, 0.25) is 0 Å². The van der Waals surface area contributed by atoms with E-state index in [0.29, 0.717) is 12.5 Å². The van der Waals surface area contributed by atoms with Crippen molar-refractivity contribution < 1.29 is 8.42 Å². The molecule has 1 rings (SSSR count). The highest BCUT2D eigenvalue weighted by Crippen LogP contribution is 2.37. The van der Waals surface area contributed by atoms with Crippen LogP contribution in [0.1, 0.15) is 46.0 Å². The maximum atomic E-state index is 12.0. The Morgan fingerprint density at radius 1 is 1.31 bits per heavy atom. The van der Waals surface area contributed by atoms with E-state index in [-0.39, 0.29) is 0 Å². The van der Waals surface area contributed by atoms with Crippen molar-refractivity contribution in [3.8, 4) is 0 Å². The Bertz CT molecular complexity index is 303. The van der Waals surface area contributed by atoms with Gasteiger partial charge in [-0.2, -0.15) is 0 Å². The zero-order chi connectivity index (χ0) is 12.2. The number of hydrogen-bond donors (Lipinski definition) is 1. The highest BCUT2D eigenvalue weighted by Gasteiger charge is 2.42. The molecule has 1 fully saturated rings. The first-order valence-electron chi connectivity index (χ1n) is 6.31. The van der Waals surface area contributed by atoms with Crippen molar-refractivity contribution in [1.82, 2.24) is 5.32 Å². The molecule has 1 aliphatic rings. The summed E-state index contributed by atoms with van der Waals surface area (Å²) in [5, 5.41) is 3.29. The van der Waals surface area contributed by atoms with E-state index in [1.807, 2.05) is 0 Å². The quantitative estimate of drug-likeness (QED) is 0.756. The molecule has 0 saturated heterocycles. The smallest absolute Gasteiger partial charge is 0.154 e. The molecule has 0 atom stereocenters. The second-order valence-electron chi connectivity index (χ2n) is 5.31. The summed E-state index contributed by atoms with van der Waals surface area (Å²) in [6, 6.07) is 0. The third kappa shape index (κ3) is 3.20. The van der Waals surface area contributed by atoms with Crippen molar-refractivity contribution in [3.63, 3.8) is 0 Å². The average molecular weight is 247 g/mol. The molecular formula is C12H25NO2S. The molecule has 16 heavy (non-hydrogen) atoms. The van der Waals surface area contributed by atoms with Crippen LogP contribution in [0, 0.1) is 5.92 Å². The van der Waals surface area contributed by atoms with Crippen molar-refractivity contribution in [2.45, 2.75) is 50.7 Å². The van der Waals surface area contributed by atoms with Crippen molar-refractivity contribution in [2.24, 2.45) is 5.92 Å².